The number of nitrogens with zero attached hydrogens (tertiary/aromatic N) is 2. The minimum absolute atomic E-state index is 0.266. The Morgan fingerprint density at radius 3 is 2.50 bits per heavy atom. The van der Waals surface area contributed by atoms with E-state index in [2.05, 4.69) is 10.9 Å². The second-order valence-corrected chi connectivity index (χ2v) is 3.84. The van der Waals surface area contributed by atoms with Crippen LogP contribution in [-0.4, -0.2) is 9.55 Å². The predicted octanol–water partition coefficient (Wildman–Crippen LogP) is 2.35. The van der Waals surface area contributed by atoms with E-state index in [4.69, 9.17) is 12.2 Å². The molecule has 5 heteroatoms. The molecule has 0 aliphatic heterocycles. The predicted molar refractivity (Wildman–Crippen MR) is 65.6 cm³/mol. The number of imidazole rings is 1. The van der Waals surface area contributed by atoms with Crippen LogP contribution in [0, 0.1) is 30.9 Å². The van der Waals surface area contributed by atoms with E-state index in [0.29, 0.717) is 22.9 Å². The summed E-state index contributed by atoms with van der Waals surface area (Å²) in [5.41, 5.74) is 6.51. The molecule has 0 spiro atoms. The van der Waals surface area contributed by atoms with Crippen LogP contribution in [0.2, 0.25) is 0 Å². The first-order valence-electron chi connectivity index (χ1n) is 5.25. The zero-order valence-corrected chi connectivity index (χ0v) is 9.74. The summed E-state index contributed by atoms with van der Waals surface area (Å²) in [6.45, 7) is 2.00. The maximum atomic E-state index is 13.2. The van der Waals surface area contributed by atoms with Crippen LogP contribution in [0.1, 0.15) is 5.82 Å². The molecule has 3 nitrogen and oxygen atoms in total. The van der Waals surface area contributed by atoms with Crippen LogP contribution in [0.25, 0.3) is 11.3 Å². The summed E-state index contributed by atoms with van der Waals surface area (Å²) < 4.78 is 27.9. The van der Waals surface area contributed by atoms with Gasteiger partial charge in [-0.25, -0.2) is 13.8 Å². The molecule has 0 radical (unpaired) electrons. The molecule has 1 aromatic carbocycles. The molecule has 0 saturated carbocycles. The van der Waals surface area contributed by atoms with Crippen LogP contribution in [0.3, 0.4) is 0 Å². The van der Waals surface area contributed by atoms with E-state index in [9.17, 15) is 8.78 Å². The first-order valence-corrected chi connectivity index (χ1v) is 5.25. The first kappa shape index (κ1) is 12.1. The lowest BCUT2D eigenvalue weighted by molar-refractivity contribution is 0.584. The number of terminal acetylenes is 1. The quantitative estimate of drug-likeness (QED) is 0.828. The highest BCUT2D eigenvalue weighted by atomic mass is 19.1. The second-order valence-electron chi connectivity index (χ2n) is 3.84. The fourth-order valence-corrected chi connectivity index (χ4v) is 1.78. The fourth-order valence-electron chi connectivity index (χ4n) is 1.78. The molecule has 0 aliphatic rings. The van der Waals surface area contributed by atoms with Crippen molar-refractivity contribution in [3.8, 4) is 23.6 Å². The molecule has 1 heterocycles. The van der Waals surface area contributed by atoms with Crippen LogP contribution < -0.4 is 5.73 Å². The van der Waals surface area contributed by atoms with Gasteiger partial charge in [0.1, 0.15) is 29.0 Å². The molecule has 92 valence electrons. The SMILES string of the molecule is C#CCn1c(C)nc(-c2cc(F)cc(F)c2)c1N. The van der Waals surface area contributed by atoms with Crippen molar-refractivity contribution in [2.24, 2.45) is 0 Å². The maximum Gasteiger partial charge on any atom is 0.132 e. The zero-order valence-electron chi connectivity index (χ0n) is 9.74. The standard InChI is InChI=1S/C13H11F2N3/c1-3-4-18-8(2)17-12(13(18)16)9-5-10(14)7-11(15)6-9/h1,5-7H,4,16H2,2H3. The Balaban J connectivity index is 2.58. The highest BCUT2D eigenvalue weighted by molar-refractivity contribution is 5.71. The molecule has 2 aromatic rings. The average molecular weight is 247 g/mol. The number of rotatable bonds is 2. The normalized spacial score (nSPS) is 10.3. The molecule has 0 atom stereocenters. The number of hydrogen-bond acceptors (Lipinski definition) is 2. The van der Waals surface area contributed by atoms with Gasteiger partial charge in [-0.15, -0.1) is 6.42 Å². The molecule has 0 unspecified atom stereocenters. The molecule has 0 fully saturated rings. The number of nitrogens with two attached hydrogens (primary N) is 1. The van der Waals surface area contributed by atoms with Crippen molar-refractivity contribution >= 4 is 5.82 Å². The molecule has 2 rings (SSSR count). The molecule has 0 bridgehead atoms. The second kappa shape index (κ2) is 4.49. The van der Waals surface area contributed by atoms with Crippen LogP contribution >= 0.6 is 0 Å². The van der Waals surface area contributed by atoms with Gasteiger partial charge in [0.25, 0.3) is 0 Å². The number of benzene rings is 1. The Morgan fingerprint density at radius 1 is 1.33 bits per heavy atom. The third-order valence-electron chi connectivity index (χ3n) is 2.58. The highest BCUT2D eigenvalue weighted by Crippen LogP contribution is 2.27. The van der Waals surface area contributed by atoms with Crippen molar-refractivity contribution in [1.29, 1.82) is 0 Å². The van der Waals surface area contributed by atoms with Crippen molar-refractivity contribution in [3.63, 3.8) is 0 Å². The minimum Gasteiger partial charge on any atom is -0.383 e. The number of nitrogen functional groups attached to an aromatic ring is 1. The van der Waals surface area contributed by atoms with E-state index in [1.807, 2.05) is 0 Å². The summed E-state index contributed by atoms with van der Waals surface area (Å²) in [4.78, 5) is 4.19. The molecule has 0 saturated heterocycles. The molecular formula is C13H11F2N3. The van der Waals surface area contributed by atoms with Crippen molar-refractivity contribution in [2.45, 2.75) is 13.5 Å². The van der Waals surface area contributed by atoms with Crippen molar-refractivity contribution in [3.05, 3.63) is 35.7 Å². The van der Waals surface area contributed by atoms with Crippen molar-refractivity contribution in [2.75, 3.05) is 5.73 Å². The number of aryl methyl sites for hydroxylation is 1. The van der Waals surface area contributed by atoms with Gasteiger partial charge >= 0.3 is 0 Å². The minimum atomic E-state index is -0.673. The average Bonchev–Trinajstić information content (AvgIpc) is 2.56. The number of aromatic nitrogens is 2. The Bertz CT molecular complexity index is 618. The third kappa shape index (κ3) is 2.05. The number of hydrogen-bond donors (Lipinski definition) is 1. The van der Waals surface area contributed by atoms with E-state index in [-0.39, 0.29) is 6.54 Å². The lowest BCUT2D eigenvalue weighted by Gasteiger charge is -2.03. The molecule has 1 aromatic heterocycles. The summed E-state index contributed by atoms with van der Waals surface area (Å²) in [5, 5.41) is 0. The number of halogens is 2. The fraction of sp³-hybridized carbons (Fsp3) is 0.154. The molecule has 0 amide bonds. The Kier molecular flexibility index (Phi) is 3.02. The Hall–Kier alpha value is -2.35. The van der Waals surface area contributed by atoms with Crippen molar-refractivity contribution in [1.82, 2.24) is 9.55 Å². The monoisotopic (exact) mass is 247 g/mol. The number of anilines is 1. The van der Waals surface area contributed by atoms with Crippen LogP contribution in [0.5, 0.6) is 0 Å². The van der Waals surface area contributed by atoms with Gasteiger partial charge in [0, 0.05) is 11.6 Å². The van der Waals surface area contributed by atoms with E-state index in [1.54, 1.807) is 11.5 Å². The van der Waals surface area contributed by atoms with Gasteiger partial charge in [0.05, 0.1) is 6.54 Å². The van der Waals surface area contributed by atoms with Gasteiger partial charge in [0.15, 0.2) is 0 Å². The van der Waals surface area contributed by atoms with Crippen molar-refractivity contribution < 1.29 is 8.78 Å². The van der Waals surface area contributed by atoms with Gasteiger partial charge in [-0.2, -0.15) is 0 Å². The zero-order chi connectivity index (χ0) is 13.3. The van der Waals surface area contributed by atoms with E-state index in [1.165, 1.54) is 12.1 Å². The summed E-state index contributed by atoms with van der Waals surface area (Å²) >= 11 is 0. The van der Waals surface area contributed by atoms with Gasteiger partial charge in [-0.1, -0.05) is 5.92 Å². The first-order chi connectivity index (χ1) is 8.52. The van der Waals surface area contributed by atoms with Gasteiger partial charge in [-0.3, -0.25) is 0 Å². The van der Waals surface area contributed by atoms with Gasteiger partial charge < -0.3 is 10.3 Å². The van der Waals surface area contributed by atoms with Crippen LogP contribution in [0.4, 0.5) is 14.6 Å². The molecule has 18 heavy (non-hydrogen) atoms. The summed E-state index contributed by atoms with van der Waals surface area (Å²) in [6, 6.07) is 3.16. The molecule has 0 aliphatic carbocycles. The van der Waals surface area contributed by atoms with E-state index in [0.717, 1.165) is 6.07 Å². The van der Waals surface area contributed by atoms with Gasteiger partial charge in [0.2, 0.25) is 0 Å². The third-order valence-corrected chi connectivity index (χ3v) is 2.58. The topological polar surface area (TPSA) is 43.8 Å². The lowest BCUT2D eigenvalue weighted by Crippen LogP contribution is -2.03. The van der Waals surface area contributed by atoms with Crippen LogP contribution in [0.15, 0.2) is 18.2 Å². The largest absolute Gasteiger partial charge is 0.383 e. The van der Waals surface area contributed by atoms with E-state index >= 15 is 0 Å². The molecular weight excluding hydrogens is 236 g/mol. The van der Waals surface area contributed by atoms with Crippen LogP contribution in [-0.2, 0) is 6.54 Å². The molecule has 2 N–H and O–H groups in total. The maximum absolute atomic E-state index is 13.2. The van der Waals surface area contributed by atoms with E-state index < -0.39 is 11.6 Å². The Morgan fingerprint density at radius 2 is 1.94 bits per heavy atom. The lowest BCUT2D eigenvalue weighted by atomic mass is 10.1. The van der Waals surface area contributed by atoms with Gasteiger partial charge in [-0.05, 0) is 19.1 Å². The summed E-state index contributed by atoms with van der Waals surface area (Å²) in [7, 11) is 0. The summed E-state index contributed by atoms with van der Waals surface area (Å²) in [5.74, 6) is 2.01. The smallest absolute Gasteiger partial charge is 0.132 e. The summed E-state index contributed by atoms with van der Waals surface area (Å²) in [6.07, 6.45) is 5.22. The highest BCUT2D eigenvalue weighted by Gasteiger charge is 2.14. The Labute approximate surface area is 103 Å².